The Morgan fingerprint density at radius 3 is 1.86 bits per heavy atom. The van der Waals surface area contributed by atoms with Crippen molar-refractivity contribution in [3.63, 3.8) is 0 Å². The molecule has 0 aromatic carbocycles. The molecular formula is C18H27NO3. The van der Waals surface area contributed by atoms with Gasteiger partial charge in [-0.3, -0.25) is 9.59 Å². The lowest BCUT2D eigenvalue weighted by Crippen LogP contribution is -2.61. The van der Waals surface area contributed by atoms with Gasteiger partial charge in [0.25, 0.3) is 0 Å². The predicted octanol–water partition coefficient (Wildman–Crippen LogP) is 2.96. The number of rotatable bonds is 3. The van der Waals surface area contributed by atoms with Gasteiger partial charge in [-0.15, -0.1) is 0 Å². The molecule has 5 fully saturated rings. The second kappa shape index (κ2) is 5.24. The molecule has 0 aromatic rings. The highest BCUT2D eigenvalue weighted by molar-refractivity contribution is 5.85. The van der Waals surface area contributed by atoms with E-state index in [1.54, 1.807) is 0 Å². The van der Waals surface area contributed by atoms with Crippen LogP contribution < -0.4 is 5.32 Å². The number of carboxylic acid groups (broad SMARTS) is 1. The normalized spacial score (nSPS) is 46.5. The molecule has 0 radical (unpaired) electrons. The third-order valence-corrected chi connectivity index (χ3v) is 6.85. The van der Waals surface area contributed by atoms with Crippen molar-refractivity contribution >= 4 is 11.9 Å². The molecule has 5 saturated carbocycles. The lowest BCUT2D eigenvalue weighted by atomic mass is 9.53. The first-order valence-electron chi connectivity index (χ1n) is 9.09. The molecule has 5 rings (SSSR count). The summed E-state index contributed by atoms with van der Waals surface area (Å²) in [5, 5.41) is 12.8. The van der Waals surface area contributed by atoms with Gasteiger partial charge in [0, 0.05) is 5.54 Å². The van der Waals surface area contributed by atoms with Gasteiger partial charge in [-0.1, -0.05) is 12.8 Å². The molecule has 0 spiro atoms. The molecule has 2 N–H and O–H groups in total. The lowest BCUT2D eigenvalue weighted by molar-refractivity contribution is -0.150. The van der Waals surface area contributed by atoms with Crippen molar-refractivity contribution < 1.29 is 14.7 Å². The van der Waals surface area contributed by atoms with E-state index in [0.717, 1.165) is 56.3 Å². The molecule has 0 saturated heterocycles. The molecule has 122 valence electrons. The maximum atomic E-state index is 12.8. The minimum Gasteiger partial charge on any atom is -0.481 e. The summed E-state index contributed by atoms with van der Waals surface area (Å²) in [5.41, 5.74) is 0.00628. The summed E-state index contributed by atoms with van der Waals surface area (Å²) in [6, 6.07) is 0. The van der Waals surface area contributed by atoms with Gasteiger partial charge in [0.15, 0.2) is 0 Å². The maximum absolute atomic E-state index is 12.8. The van der Waals surface area contributed by atoms with E-state index in [9.17, 15) is 14.7 Å². The van der Waals surface area contributed by atoms with E-state index in [2.05, 4.69) is 5.32 Å². The molecule has 5 aliphatic carbocycles. The molecule has 0 aliphatic heterocycles. The maximum Gasteiger partial charge on any atom is 0.307 e. The number of carbonyl (C=O) groups is 2. The first-order chi connectivity index (χ1) is 10.5. The minimum atomic E-state index is -0.787. The van der Waals surface area contributed by atoms with Gasteiger partial charge in [0.05, 0.1) is 11.8 Å². The number of nitrogens with one attached hydrogen (secondary N) is 1. The number of hydrogen-bond acceptors (Lipinski definition) is 2. The van der Waals surface area contributed by atoms with Gasteiger partial charge in [-0.25, -0.2) is 0 Å². The summed E-state index contributed by atoms with van der Waals surface area (Å²) < 4.78 is 0. The van der Waals surface area contributed by atoms with Crippen LogP contribution in [0.15, 0.2) is 0 Å². The Morgan fingerprint density at radius 2 is 1.36 bits per heavy atom. The predicted molar refractivity (Wildman–Crippen MR) is 82.1 cm³/mol. The molecule has 22 heavy (non-hydrogen) atoms. The Kier molecular flexibility index (Phi) is 3.46. The summed E-state index contributed by atoms with van der Waals surface area (Å²) in [6.07, 6.45) is 10.8. The molecule has 2 atom stereocenters. The van der Waals surface area contributed by atoms with Crippen molar-refractivity contribution in [2.24, 2.45) is 29.6 Å². The number of amides is 1. The Hall–Kier alpha value is -1.06. The third-order valence-electron chi connectivity index (χ3n) is 6.85. The Balaban J connectivity index is 1.48. The highest BCUT2D eigenvalue weighted by Gasteiger charge is 2.52. The van der Waals surface area contributed by atoms with Crippen LogP contribution in [-0.2, 0) is 9.59 Å². The zero-order chi connectivity index (χ0) is 15.3. The van der Waals surface area contributed by atoms with Crippen molar-refractivity contribution in [2.45, 2.75) is 69.7 Å². The number of carbonyl (C=O) groups excluding carboxylic acids is 1. The second-order valence-electron chi connectivity index (χ2n) is 8.52. The topological polar surface area (TPSA) is 66.4 Å². The van der Waals surface area contributed by atoms with E-state index in [4.69, 9.17) is 0 Å². The molecule has 4 heteroatoms. The first kappa shape index (κ1) is 14.5. The molecule has 0 aromatic heterocycles. The fourth-order valence-electron chi connectivity index (χ4n) is 6.36. The average Bonchev–Trinajstić information content (AvgIpc) is 2.45. The van der Waals surface area contributed by atoms with Crippen LogP contribution >= 0.6 is 0 Å². The van der Waals surface area contributed by atoms with Gasteiger partial charge in [-0.05, 0) is 69.1 Å². The van der Waals surface area contributed by atoms with Crippen molar-refractivity contribution in [1.82, 2.24) is 5.32 Å². The van der Waals surface area contributed by atoms with Crippen molar-refractivity contribution in [2.75, 3.05) is 0 Å². The molecule has 2 unspecified atom stereocenters. The van der Waals surface area contributed by atoms with E-state index < -0.39 is 11.9 Å². The summed E-state index contributed by atoms with van der Waals surface area (Å²) in [7, 11) is 0. The smallest absolute Gasteiger partial charge is 0.307 e. The van der Waals surface area contributed by atoms with Crippen LogP contribution in [-0.4, -0.2) is 22.5 Å². The summed E-state index contributed by atoms with van der Waals surface area (Å²) in [5.74, 6) is 0.871. The van der Waals surface area contributed by atoms with Crippen LogP contribution in [0.25, 0.3) is 0 Å². The van der Waals surface area contributed by atoms with Crippen LogP contribution in [0.1, 0.15) is 64.2 Å². The van der Waals surface area contributed by atoms with Crippen molar-refractivity contribution in [1.29, 1.82) is 0 Å². The summed E-state index contributed by atoms with van der Waals surface area (Å²) in [6.45, 7) is 0. The van der Waals surface area contributed by atoms with Gasteiger partial charge in [0.2, 0.25) is 5.91 Å². The van der Waals surface area contributed by atoms with Crippen LogP contribution in [0.4, 0.5) is 0 Å². The third kappa shape index (κ3) is 2.44. The summed E-state index contributed by atoms with van der Waals surface area (Å²) in [4.78, 5) is 24.3. The van der Waals surface area contributed by atoms with E-state index in [1.165, 1.54) is 19.3 Å². The average molecular weight is 305 g/mol. The molecule has 0 heterocycles. The zero-order valence-electron chi connectivity index (χ0n) is 13.2. The minimum absolute atomic E-state index is 0.00628. The van der Waals surface area contributed by atoms with Crippen LogP contribution in [0.2, 0.25) is 0 Å². The van der Waals surface area contributed by atoms with Crippen LogP contribution in [0.3, 0.4) is 0 Å². The van der Waals surface area contributed by atoms with Gasteiger partial charge < -0.3 is 10.4 Å². The molecule has 5 aliphatic rings. The summed E-state index contributed by atoms with van der Waals surface area (Å²) >= 11 is 0. The van der Waals surface area contributed by atoms with E-state index >= 15 is 0 Å². The fraction of sp³-hybridized carbons (Fsp3) is 0.889. The van der Waals surface area contributed by atoms with E-state index in [-0.39, 0.29) is 17.4 Å². The van der Waals surface area contributed by atoms with Gasteiger partial charge >= 0.3 is 5.97 Å². The largest absolute Gasteiger partial charge is 0.481 e. The molecule has 1 amide bonds. The quantitative estimate of drug-likeness (QED) is 0.842. The fourth-order valence-corrected chi connectivity index (χ4v) is 6.36. The molecule has 4 nitrogen and oxygen atoms in total. The van der Waals surface area contributed by atoms with Gasteiger partial charge in [-0.2, -0.15) is 0 Å². The highest BCUT2D eigenvalue weighted by Crippen LogP contribution is 2.55. The number of aliphatic carboxylic acids is 1. The second-order valence-corrected chi connectivity index (χ2v) is 8.52. The number of hydrogen-bond donors (Lipinski definition) is 2. The number of carboxylic acids is 1. The van der Waals surface area contributed by atoms with E-state index in [1.807, 2.05) is 0 Å². The molecule has 4 bridgehead atoms. The standard InChI is InChI=1S/C18H27NO3/c20-16(14-3-1-2-4-15(14)17(21)22)19-18-8-11-5-12(9-18)7-13(6-11)10-18/h11-15H,1-10H2,(H,19,20)(H,21,22). The van der Waals surface area contributed by atoms with Gasteiger partial charge in [0.1, 0.15) is 0 Å². The van der Waals surface area contributed by atoms with Crippen LogP contribution in [0, 0.1) is 29.6 Å². The molecular weight excluding hydrogens is 278 g/mol. The Bertz CT molecular complexity index is 451. The SMILES string of the molecule is O=C(O)C1CCCCC1C(=O)NC12CC3CC(CC(C3)C1)C2. The van der Waals surface area contributed by atoms with E-state index in [0.29, 0.717) is 6.42 Å². The Morgan fingerprint density at radius 1 is 0.864 bits per heavy atom. The first-order valence-corrected chi connectivity index (χ1v) is 9.09. The zero-order valence-corrected chi connectivity index (χ0v) is 13.2. The van der Waals surface area contributed by atoms with Crippen molar-refractivity contribution in [3.05, 3.63) is 0 Å². The van der Waals surface area contributed by atoms with Crippen molar-refractivity contribution in [3.8, 4) is 0 Å². The lowest BCUT2D eigenvalue weighted by Gasteiger charge is -2.57. The van der Waals surface area contributed by atoms with Crippen LogP contribution in [0.5, 0.6) is 0 Å². The Labute approximate surface area is 132 Å². The monoisotopic (exact) mass is 305 g/mol. The highest BCUT2D eigenvalue weighted by atomic mass is 16.4.